The fourth-order valence-corrected chi connectivity index (χ4v) is 8.84. The molecule has 6 atom stereocenters. The van der Waals surface area contributed by atoms with Crippen LogP contribution in [0.3, 0.4) is 0 Å². The van der Waals surface area contributed by atoms with E-state index in [2.05, 4.69) is 20.3 Å². The van der Waals surface area contributed by atoms with Gasteiger partial charge in [0.15, 0.2) is 37.2 Å². The lowest BCUT2D eigenvalue weighted by Crippen LogP contribution is -2.46. The number of aliphatic hydroxyl groups excluding tert-OH is 1. The van der Waals surface area contributed by atoms with Crippen molar-refractivity contribution in [1.82, 2.24) is 19.5 Å². The minimum atomic E-state index is -2.81. The zero-order valence-corrected chi connectivity index (χ0v) is 42.2. The zero-order chi connectivity index (χ0) is 53.1. The van der Waals surface area contributed by atoms with Gasteiger partial charge in [0.25, 0.3) is 23.9 Å². The number of rotatable bonds is 24. The Kier molecular flexibility index (Phi) is 17.6. The quantitative estimate of drug-likeness (QED) is 0.0115. The van der Waals surface area contributed by atoms with Crippen molar-refractivity contribution in [2.24, 2.45) is 5.92 Å². The summed E-state index contributed by atoms with van der Waals surface area (Å²) in [7, 11) is 1.67. The van der Waals surface area contributed by atoms with E-state index in [-0.39, 0.29) is 35.2 Å². The molecule has 22 nitrogen and oxygen atoms in total. The van der Waals surface area contributed by atoms with E-state index in [4.69, 9.17) is 47.2 Å². The van der Waals surface area contributed by atoms with Crippen molar-refractivity contribution in [2.45, 2.75) is 50.3 Å². The molecule has 4 aromatic carbocycles. The van der Waals surface area contributed by atoms with E-state index < -0.39 is 87.7 Å². The van der Waals surface area contributed by atoms with Crippen molar-refractivity contribution < 1.29 is 71.1 Å². The number of carbonyl (C=O) groups excluding carboxylic acids is 2. The summed E-state index contributed by atoms with van der Waals surface area (Å²) in [4.78, 5) is 50.8. The first kappa shape index (κ1) is 53.6. The third-order valence-corrected chi connectivity index (χ3v) is 12.8. The van der Waals surface area contributed by atoms with Crippen LogP contribution in [-0.2, 0) is 47.9 Å². The van der Waals surface area contributed by atoms with E-state index in [9.17, 15) is 29.3 Å². The second kappa shape index (κ2) is 24.6. The van der Waals surface area contributed by atoms with Crippen LogP contribution in [0.15, 0.2) is 139 Å². The molecule has 2 unspecified atom stereocenters. The van der Waals surface area contributed by atoms with Crippen molar-refractivity contribution in [2.75, 3.05) is 53.2 Å². The molecule has 0 aliphatic carbocycles. The molecule has 7 aromatic rings. The molecule has 4 heterocycles. The normalized spacial score (nSPS) is 17.1. The number of methoxy groups -OCH3 is 3. The van der Waals surface area contributed by atoms with Crippen LogP contribution in [0, 0.1) is 11.1 Å². The Labute approximate surface area is 430 Å². The summed E-state index contributed by atoms with van der Waals surface area (Å²) in [6.07, 6.45) is -5.10. The van der Waals surface area contributed by atoms with Gasteiger partial charge in [-0.05, 0) is 57.7 Å². The van der Waals surface area contributed by atoms with Gasteiger partial charge in [0.1, 0.15) is 41.2 Å². The van der Waals surface area contributed by atoms with E-state index in [0.29, 0.717) is 38.5 Å². The molecular weight excluding hydrogens is 996 g/mol. The van der Waals surface area contributed by atoms with Crippen molar-refractivity contribution in [3.63, 3.8) is 0 Å². The molecular formula is C52H54N6O16P+. The second-order valence-corrected chi connectivity index (χ2v) is 18.1. The van der Waals surface area contributed by atoms with Crippen LogP contribution < -0.4 is 29.8 Å². The molecule has 392 valence electrons. The SMILES string of the molecule is COc1ccc(C(O[C@H]2[C@@H](OCOCOC(=O)c3ccccc3)[C@H](n3cnc4c(=O)[nH]c(NC(=O)C(C)C)nc43)O[C@@H]2COC[P+](=O)OC(O)c2cc(OC)cc[n+]2[O-])(c2ccccc2)c2ccc(OC)cc2)cc1. The molecule has 23 heteroatoms. The molecule has 1 amide bonds. The van der Waals surface area contributed by atoms with Gasteiger partial charge in [0.2, 0.25) is 11.9 Å². The Morgan fingerprint density at radius 1 is 0.853 bits per heavy atom. The number of H-pyrrole nitrogens is 1. The number of amides is 1. The minimum absolute atomic E-state index is 0.0207. The van der Waals surface area contributed by atoms with E-state index in [1.54, 1.807) is 82.7 Å². The predicted octanol–water partition coefficient (Wildman–Crippen LogP) is 6.25. The molecule has 75 heavy (non-hydrogen) atoms. The molecule has 0 saturated carbocycles. The number of benzene rings is 4. The maximum absolute atomic E-state index is 13.6. The molecule has 0 radical (unpaired) electrons. The molecule has 0 bridgehead atoms. The largest absolute Gasteiger partial charge is 0.618 e. The van der Waals surface area contributed by atoms with Gasteiger partial charge in [-0.15, -0.1) is 4.52 Å². The third-order valence-electron chi connectivity index (χ3n) is 12.0. The summed E-state index contributed by atoms with van der Waals surface area (Å²) in [5, 5.41) is 26.0. The number of imidazole rings is 1. The Morgan fingerprint density at radius 2 is 1.48 bits per heavy atom. The van der Waals surface area contributed by atoms with Crippen LogP contribution in [0.2, 0.25) is 0 Å². The van der Waals surface area contributed by atoms with Crippen molar-refractivity contribution in [3.8, 4) is 17.2 Å². The number of pyridine rings is 1. The zero-order valence-electron chi connectivity index (χ0n) is 41.3. The van der Waals surface area contributed by atoms with Gasteiger partial charge in [0, 0.05) is 12.0 Å². The van der Waals surface area contributed by atoms with Crippen LogP contribution in [0.1, 0.15) is 59.1 Å². The second-order valence-electron chi connectivity index (χ2n) is 17.0. The van der Waals surface area contributed by atoms with Crippen LogP contribution in [0.4, 0.5) is 5.95 Å². The highest BCUT2D eigenvalue weighted by atomic mass is 31.1. The van der Waals surface area contributed by atoms with E-state index in [1.807, 2.05) is 54.6 Å². The number of hydrogen-bond acceptors (Lipinski definition) is 18. The highest BCUT2D eigenvalue weighted by molar-refractivity contribution is 7.38. The monoisotopic (exact) mass is 1050 g/mol. The number of hydrogen-bond donors (Lipinski definition) is 3. The molecule has 1 fully saturated rings. The fraction of sp³-hybridized carbons (Fsp3) is 0.308. The van der Waals surface area contributed by atoms with Gasteiger partial charge in [-0.2, -0.15) is 9.71 Å². The summed E-state index contributed by atoms with van der Waals surface area (Å²) >= 11 is 0. The molecule has 1 aliphatic heterocycles. The van der Waals surface area contributed by atoms with Crippen molar-refractivity contribution in [1.29, 1.82) is 0 Å². The predicted molar refractivity (Wildman–Crippen MR) is 267 cm³/mol. The lowest BCUT2D eigenvalue weighted by atomic mass is 9.79. The first-order valence-corrected chi connectivity index (χ1v) is 24.7. The Hall–Kier alpha value is -7.66. The van der Waals surface area contributed by atoms with Crippen LogP contribution in [-0.4, -0.2) is 103 Å². The molecule has 1 saturated heterocycles. The summed E-state index contributed by atoms with van der Waals surface area (Å²) < 4.78 is 75.3. The number of nitrogens with one attached hydrogen (secondary N) is 2. The standard InChI is InChI=1S/C52H53N6O16P/c1-32(2)46(59)55-51-54-45-42(47(60)56-51)53-28-57(45)48-44(70-29-69-30-71-49(61)33-12-8-6-9-13-33)43(41(72-48)27-68-31-75(64)74-50(62)40-26-39(67-5)24-25-58(40)63)73-52(34-14-10-7-11-15-34,35-16-20-37(65-3)21-17-35)36-18-22-38(66-4)23-19-36/h6-26,28,32,41,43-44,48,50,62H,27,29-31H2,1-5H3,(H-,54,55,56,59,60)/p+1/t41-,43-,44-,48-,50?/m1/s1. The number of aromatic amines is 1. The third kappa shape index (κ3) is 12.3. The first-order valence-electron chi connectivity index (χ1n) is 23.3. The highest BCUT2D eigenvalue weighted by Crippen LogP contribution is 2.47. The van der Waals surface area contributed by atoms with E-state index >= 15 is 0 Å². The number of aliphatic hydroxyl groups is 1. The maximum Gasteiger partial charge on any atom is 0.540 e. The summed E-state index contributed by atoms with van der Waals surface area (Å²) in [6, 6.07) is 34.8. The maximum atomic E-state index is 13.6. The Balaban J connectivity index is 1.22. The highest BCUT2D eigenvalue weighted by Gasteiger charge is 2.53. The smallest absolute Gasteiger partial charge is 0.540 e. The number of aromatic nitrogens is 5. The van der Waals surface area contributed by atoms with Crippen molar-refractivity contribution in [3.05, 3.63) is 177 Å². The Morgan fingerprint density at radius 3 is 2.11 bits per heavy atom. The topological polar surface area (TPSA) is 266 Å². The summed E-state index contributed by atoms with van der Waals surface area (Å²) in [6.45, 7) is 1.92. The van der Waals surface area contributed by atoms with Gasteiger partial charge in [0.05, 0.1) is 45.9 Å². The summed E-state index contributed by atoms with van der Waals surface area (Å²) in [5.41, 5.74) is -0.430. The number of fused-ring (bicyclic) bond motifs is 1. The van der Waals surface area contributed by atoms with Gasteiger partial charge >= 0.3 is 14.0 Å². The van der Waals surface area contributed by atoms with E-state index in [1.165, 1.54) is 30.1 Å². The molecule has 0 spiro atoms. The number of ether oxygens (including phenoxy) is 9. The summed E-state index contributed by atoms with van der Waals surface area (Å²) in [5.74, 6) is -0.315. The Bertz CT molecular complexity index is 3060. The molecule has 3 aromatic heterocycles. The minimum Gasteiger partial charge on any atom is -0.618 e. The van der Waals surface area contributed by atoms with Gasteiger partial charge in [-0.25, -0.2) is 9.78 Å². The van der Waals surface area contributed by atoms with Crippen LogP contribution in [0.5, 0.6) is 17.2 Å². The van der Waals surface area contributed by atoms with E-state index in [0.717, 1.165) is 6.20 Å². The lowest BCUT2D eigenvalue weighted by Gasteiger charge is -2.40. The first-order chi connectivity index (χ1) is 36.3. The number of anilines is 1. The average molecular weight is 1050 g/mol. The lowest BCUT2D eigenvalue weighted by molar-refractivity contribution is -0.622. The van der Waals surface area contributed by atoms with Crippen LogP contribution >= 0.6 is 8.03 Å². The molecule has 8 rings (SSSR count). The van der Waals surface area contributed by atoms with Gasteiger partial charge < -0.3 is 52.9 Å². The van der Waals surface area contributed by atoms with Crippen LogP contribution in [0.25, 0.3) is 11.2 Å². The average Bonchev–Trinajstić information content (AvgIpc) is 4.02. The molecule has 1 aliphatic rings. The van der Waals surface area contributed by atoms with Gasteiger partial charge in [-0.1, -0.05) is 86.6 Å². The van der Waals surface area contributed by atoms with Gasteiger partial charge in [-0.3, -0.25) is 24.5 Å². The van der Waals surface area contributed by atoms with Crippen molar-refractivity contribution >= 4 is 37.0 Å². The molecule has 3 N–H and O–H groups in total. The number of nitrogens with zero attached hydrogens (tertiary/aromatic N) is 4. The fourth-order valence-electron chi connectivity index (χ4n) is 8.20. The number of carbonyl (C=O) groups is 2. The number of esters is 1.